The van der Waals surface area contributed by atoms with Gasteiger partial charge in [0.05, 0.1) is 11.3 Å². The normalized spacial score (nSPS) is 12.7. The van der Waals surface area contributed by atoms with Crippen LogP contribution in [0.4, 0.5) is 24.7 Å². The molecule has 7 heteroatoms. The molecule has 0 radical (unpaired) electrons. The summed E-state index contributed by atoms with van der Waals surface area (Å²) < 4.78 is 41.6. The average Bonchev–Trinajstić information content (AvgIpc) is 2.98. The minimum absolute atomic E-state index is 0.0393. The Morgan fingerprint density at radius 1 is 0.905 bits per heavy atom. The summed E-state index contributed by atoms with van der Waals surface area (Å²) in [6.07, 6.45) is 1.05. The van der Waals surface area contributed by atoms with Gasteiger partial charge in [-0.3, -0.25) is 0 Å². The number of rotatable bonds is 8. The van der Waals surface area contributed by atoms with Gasteiger partial charge in [-0.25, -0.2) is 9.97 Å². The first-order valence-electron chi connectivity index (χ1n) is 14.6. The molecule has 1 aliphatic rings. The zero-order chi connectivity index (χ0) is 30.1. The Balaban J connectivity index is 0.000000748. The van der Waals surface area contributed by atoms with Crippen LogP contribution in [-0.4, -0.2) is 16.5 Å². The van der Waals surface area contributed by atoms with Crippen LogP contribution in [0.15, 0.2) is 85.4 Å². The van der Waals surface area contributed by atoms with Crippen molar-refractivity contribution in [2.75, 3.05) is 16.8 Å². The number of benzene rings is 3. The Hall–Kier alpha value is -4.13. The second-order valence-corrected chi connectivity index (χ2v) is 10.5. The summed E-state index contributed by atoms with van der Waals surface area (Å²) in [4.78, 5) is 11.6. The summed E-state index contributed by atoms with van der Waals surface area (Å²) in [6, 6.07) is 23.4. The summed E-state index contributed by atoms with van der Waals surface area (Å²) in [5.74, 6) is 0.509. The molecule has 1 aromatic heterocycles. The molecule has 0 spiro atoms. The molecule has 0 saturated carbocycles. The van der Waals surface area contributed by atoms with Crippen molar-refractivity contribution in [2.24, 2.45) is 0 Å². The Morgan fingerprint density at radius 3 is 2.24 bits per heavy atom. The van der Waals surface area contributed by atoms with Crippen LogP contribution in [0.3, 0.4) is 0 Å². The number of hydrogen-bond donors (Lipinski definition) is 1. The van der Waals surface area contributed by atoms with Gasteiger partial charge in [-0.1, -0.05) is 112 Å². The van der Waals surface area contributed by atoms with E-state index in [9.17, 15) is 13.2 Å². The molecule has 2 heterocycles. The predicted molar refractivity (Wildman–Crippen MR) is 167 cm³/mol. The minimum atomic E-state index is -4.52. The molecule has 4 aromatic rings. The molecule has 0 aliphatic carbocycles. The third kappa shape index (κ3) is 7.58. The number of alkyl halides is 3. The first-order chi connectivity index (χ1) is 20.2. The Morgan fingerprint density at radius 2 is 1.57 bits per heavy atom. The molecule has 0 amide bonds. The molecule has 5 rings (SSSR count). The zero-order valence-electron chi connectivity index (χ0n) is 24.6. The first-order valence-corrected chi connectivity index (χ1v) is 14.6. The smallest absolute Gasteiger partial charge is 0.363 e. The predicted octanol–water partition coefficient (Wildman–Crippen LogP) is 9.70. The van der Waals surface area contributed by atoms with Crippen LogP contribution in [0, 0.1) is 6.92 Å². The van der Waals surface area contributed by atoms with Crippen molar-refractivity contribution >= 4 is 17.2 Å². The number of aromatic nitrogens is 2. The van der Waals surface area contributed by atoms with Crippen molar-refractivity contribution in [2.45, 2.75) is 65.6 Å². The lowest BCUT2D eigenvalue weighted by Gasteiger charge is -2.33. The summed E-state index contributed by atoms with van der Waals surface area (Å²) in [7, 11) is 0. The number of anilines is 2. The highest BCUT2D eigenvalue weighted by Gasteiger charge is 2.35. The van der Waals surface area contributed by atoms with Crippen LogP contribution in [-0.2, 0) is 19.1 Å². The number of nitrogens with one attached hydrogen (secondary N) is 1. The Labute approximate surface area is 247 Å². The topological polar surface area (TPSA) is 41.1 Å². The maximum atomic E-state index is 13.9. The van der Waals surface area contributed by atoms with E-state index in [-0.39, 0.29) is 11.4 Å². The molecule has 0 saturated heterocycles. The van der Waals surface area contributed by atoms with Crippen molar-refractivity contribution in [3.05, 3.63) is 113 Å². The van der Waals surface area contributed by atoms with Gasteiger partial charge in [0.1, 0.15) is 5.69 Å². The first kappa shape index (κ1) is 30.8. The molecule has 0 atom stereocenters. The molecule has 1 aliphatic heterocycles. The van der Waals surface area contributed by atoms with Crippen LogP contribution >= 0.6 is 0 Å². The number of fused-ring (bicyclic) bond motifs is 1. The van der Waals surface area contributed by atoms with Crippen molar-refractivity contribution in [3.63, 3.8) is 0 Å². The van der Waals surface area contributed by atoms with Crippen LogP contribution in [0.25, 0.3) is 17.1 Å². The second kappa shape index (κ2) is 14.2. The third-order valence-electron chi connectivity index (χ3n) is 7.25. The number of halogens is 3. The van der Waals surface area contributed by atoms with Gasteiger partial charge in [-0.05, 0) is 37.0 Å². The number of unbranched alkanes of at least 4 members (excludes halogenated alkanes) is 2. The molecule has 4 nitrogen and oxygen atoms in total. The SMILES string of the molecule is C=C(Nc1nc(-c2ccccc2C(F)(F)F)nc2c1N(Cc1ccccc1)CCC2)c1ccccc1C.CCCCC. The van der Waals surface area contributed by atoms with Crippen LogP contribution in [0.1, 0.15) is 67.5 Å². The van der Waals surface area contributed by atoms with Gasteiger partial charge in [0, 0.05) is 29.9 Å². The standard InChI is InChI=1S/C30H27F3N4.C5H12/c1-20-11-6-7-14-23(20)21(2)34-29-27-26(17-10-18-37(27)19-22-12-4-3-5-13-22)35-28(36-29)24-15-8-9-16-25(24)30(31,32)33;1-3-5-4-2/h3-9,11-16H,2,10,17-19H2,1H3,(H,34,35,36);3-5H2,1-2H3. The fraction of sp³-hybridized carbons (Fsp3) is 0.314. The highest BCUT2D eigenvalue weighted by atomic mass is 19.4. The van der Waals surface area contributed by atoms with Gasteiger partial charge in [-0.15, -0.1) is 0 Å². The van der Waals surface area contributed by atoms with Crippen molar-refractivity contribution in [3.8, 4) is 11.4 Å². The quantitative estimate of drug-likeness (QED) is 0.228. The Bertz CT molecular complexity index is 1480. The number of hydrogen-bond acceptors (Lipinski definition) is 4. The molecule has 0 bridgehead atoms. The molecule has 3 aromatic carbocycles. The Kier molecular flexibility index (Phi) is 10.4. The van der Waals surface area contributed by atoms with Crippen molar-refractivity contribution < 1.29 is 13.2 Å². The lowest BCUT2D eigenvalue weighted by atomic mass is 10.0. The molecular weight excluding hydrogens is 533 g/mol. The number of nitrogens with zero attached hydrogens (tertiary/aromatic N) is 3. The van der Waals surface area contributed by atoms with Crippen LogP contribution in [0.2, 0.25) is 0 Å². The van der Waals surface area contributed by atoms with E-state index in [1.54, 1.807) is 6.07 Å². The molecule has 220 valence electrons. The summed E-state index contributed by atoms with van der Waals surface area (Å²) in [5.41, 5.74) is 4.44. The molecule has 42 heavy (non-hydrogen) atoms. The van der Waals surface area contributed by atoms with Crippen LogP contribution in [0.5, 0.6) is 0 Å². The van der Waals surface area contributed by atoms with E-state index in [1.165, 1.54) is 31.4 Å². The average molecular weight is 573 g/mol. The third-order valence-corrected chi connectivity index (χ3v) is 7.25. The largest absolute Gasteiger partial charge is 0.417 e. The zero-order valence-corrected chi connectivity index (χ0v) is 24.6. The number of aryl methyl sites for hydroxylation is 2. The molecule has 1 N–H and O–H groups in total. The highest BCUT2D eigenvalue weighted by molar-refractivity contribution is 5.83. The van der Waals surface area contributed by atoms with E-state index in [4.69, 9.17) is 4.98 Å². The fourth-order valence-corrected chi connectivity index (χ4v) is 5.13. The van der Waals surface area contributed by atoms with Crippen LogP contribution < -0.4 is 10.2 Å². The van der Waals surface area contributed by atoms with E-state index in [0.717, 1.165) is 47.1 Å². The van der Waals surface area contributed by atoms with E-state index in [2.05, 4.69) is 47.8 Å². The monoisotopic (exact) mass is 572 g/mol. The van der Waals surface area contributed by atoms with Gasteiger partial charge >= 0.3 is 6.18 Å². The van der Waals surface area contributed by atoms with Crippen molar-refractivity contribution in [1.82, 2.24) is 9.97 Å². The lowest BCUT2D eigenvalue weighted by molar-refractivity contribution is -0.137. The maximum absolute atomic E-state index is 13.9. The fourth-order valence-electron chi connectivity index (χ4n) is 5.13. The maximum Gasteiger partial charge on any atom is 0.417 e. The van der Waals surface area contributed by atoms with E-state index in [1.807, 2.05) is 49.4 Å². The van der Waals surface area contributed by atoms with E-state index in [0.29, 0.717) is 24.5 Å². The van der Waals surface area contributed by atoms with Gasteiger partial charge in [-0.2, -0.15) is 13.2 Å². The van der Waals surface area contributed by atoms with E-state index < -0.39 is 11.7 Å². The molecular formula is C35H39F3N4. The second-order valence-electron chi connectivity index (χ2n) is 10.5. The van der Waals surface area contributed by atoms with Gasteiger partial charge in [0.15, 0.2) is 11.6 Å². The van der Waals surface area contributed by atoms with Gasteiger partial charge < -0.3 is 10.2 Å². The summed E-state index contributed by atoms with van der Waals surface area (Å²) in [5, 5.41) is 3.34. The molecule has 0 unspecified atom stereocenters. The van der Waals surface area contributed by atoms with Gasteiger partial charge in [0.2, 0.25) is 0 Å². The lowest BCUT2D eigenvalue weighted by Crippen LogP contribution is -2.31. The van der Waals surface area contributed by atoms with Crippen molar-refractivity contribution in [1.29, 1.82) is 0 Å². The van der Waals surface area contributed by atoms with E-state index >= 15 is 0 Å². The highest BCUT2D eigenvalue weighted by Crippen LogP contribution is 2.40. The molecule has 0 fully saturated rings. The summed E-state index contributed by atoms with van der Waals surface area (Å²) in [6.45, 7) is 12.1. The van der Waals surface area contributed by atoms with Gasteiger partial charge in [0.25, 0.3) is 0 Å². The minimum Gasteiger partial charge on any atom is -0.363 e. The summed E-state index contributed by atoms with van der Waals surface area (Å²) >= 11 is 0.